The Morgan fingerprint density at radius 2 is 1.28 bits per heavy atom. The molecule has 4 unspecified atom stereocenters. The van der Waals surface area contributed by atoms with Crippen LogP contribution in [-0.2, 0) is 0 Å². The van der Waals surface area contributed by atoms with Crippen LogP contribution >= 0.6 is 13.5 Å². The van der Waals surface area contributed by atoms with Gasteiger partial charge in [-0.05, 0) is 79.6 Å². The maximum atomic E-state index is 4.66. The van der Waals surface area contributed by atoms with E-state index in [2.05, 4.69) is 110 Å². The lowest BCUT2D eigenvalue weighted by Crippen LogP contribution is -2.05. The molecule has 6 nitrogen and oxygen atoms in total. The maximum absolute atomic E-state index is 4.66. The van der Waals surface area contributed by atoms with Crippen LogP contribution in [0.5, 0.6) is 0 Å². The number of pyridine rings is 3. The summed E-state index contributed by atoms with van der Waals surface area (Å²) in [5, 5.41) is 2.28. The van der Waals surface area contributed by atoms with Crippen molar-refractivity contribution in [1.82, 2.24) is 15.0 Å². The average molecular weight is 787 g/mol. The lowest BCUT2D eigenvalue weighted by Gasteiger charge is -2.16. The highest BCUT2D eigenvalue weighted by Crippen LogP contribution is 2.64. The second kappa shape index (κ2) is 27.8. The van der Waals surface area contributed by atoms with Gasteiger partial charge in [0, 0.05) is 65.2 Å². The molecule has 2 bridgehead atoms. The molecule has 3 aromatic heterocycles. The Morgan fingerprint density at radius 1 is 0.649 bits per heavy atom. The smallest absolute Gasteiger partial charge is 0.0964 e. The first-order chi connectivity index (χ1) is 27.8. The van der Waals surface area contributed by atoms with Crippen LogP contribution in [0.2, 0.25) is 0 Å². The molecule has 6 aliphatic rings. The van der Waals surface area contributed by atoms with Crippen LogP contribution in [0, 0.1) is 23.2 Å². The van der Waals surface area contributed by atoms with Crippen molar-refractivity contribution in [3.05, 3.63) is 144 Å². The summed E-state index contributed by atoms with van der Waals surface area (Å²) in [6.07, 6.45) is 32.1. The molecule has 4 aliphatic carbocycles. The van der Waals surface area contributed by atoms with Crippen LogP contribution in [0.4, 0.5) is 0 Å². The molecular weight excluding hydrogens is 717 g/mol. The van der Waals surface area contributed by atoms with Crippen molar-refractivity contribution in [2.24, 2.45) is 38.9 Å². The molecule has 2 N–H and O–H groups in total. The predicted molar refractivity (Wildman–Crippen MR) is 257 cm³/mol. The second-order valence-corrected chi connectivity index (χ2v) is 12.1. The average Bonchev–Trinajstić information content (AvgIpc) is 4.23. The molecule has 5 heterocycles. The van der Waals surface area contributed by atoms with Crippen LogP contribution in [0.25, 0.3) is 27.5 Å². The molecule has 1 spiro atoms. The van der Waals surface area contributed by atoms with Crippen molar-refractivity contribution in [2.45, 2.75) is 94.9 Å². The first-order valence-electron chi connectivity index (χ1n) is 21.1. The van der Waals surface area contributed by atoms with Gasteiger partial charge in [0.2, 0.25) is 0 Å². The Hall–Kier alpha value is -4.72. The molecule has 306 valence electrons. The molecule has 0 saturated heterocycles. The van der Waals surface area contributed by atoms with E-state index >= 15 is 0 Å². The summed E-state index contributed by atoms with van der Waals surface area (Å²) in [5.41, 5.74) is 13.1. The molecule has 1 aromatic carbocycles. The van der Waals surface area contributed by atoms with Gasteiger partial charge in [0.15, 0.2) is 0 Å². The minimum absolute atomic E-state index is 0. The highest BCUT2D eigenvalue weighted by atomic mass is 32.1. The lowest BCUT2D eigenvalue weighted by atomic mass is 9.89. The summed E-state index contributed by atoms with van der Waals surface area (Å²) in [6.45, 7) is 20.0. The number of nitrogens with zero attached hydrogens (tertiary/aromatic N) is 5. The fraction of sp³-hybridized carbons (Fsp3) is 0.380. The van der Waals surface area contributed by atoms with E-state index in [0.717, 1.165) is 57.9 Å². The Bertz CT molecular complexity index is 1950. The number of fused-ring (bicyclic) bond motifs is 6. The Kier molecular flexibility index (Phi) is 24.5. The molecule has 2 saturated carbocycles. The lowest BCUT2D eigenvalue weighted by molar-refractivity contribution is 0.704. The SMILES string of the molecule is C1=CCC2=C3CC(=CC4CC24C=C1)C=CC=N3.C1=NC(c2ccccn2)=CC2CC12.CC.CC.CC.CC.CC.CN.S.c1cnc2c(c1)ccc1cccnc12. The molecule has 57 heavy (non-hydrogen) atoms. The van der Waals surface area contributed by atoms with Crippen molar-refractivity contribution in [3.8, 4) is 0 Å². The number of hydrogen-bond donors (Lipinski definition) is 1. The standard InChI is InChI=1S/C16H15N.C12H8N2.C11H10N2.5C2H6.CH5N.H2S/c1-2-6-14-15-10-12(5-4-8-17-15)9-13-11-16(13,14)7-3-1;1-3-9-5-6-10-4-2-8-14-12(10)11(9)13-7-1;1-2-4-12-10(3-1)11-6-8-5-9(8)7-13-11;6*1-2;/h1-5,7-9,13H,6,10-11H2;1-8H;1-4,6-9H,5H2;5*1-2H3;2H2,1H3;1H2. The maximum Gasteiger partial charge on any atom is 0.0964 e. The fourth-order valence-corrected chi connectivity index (χ4v) is 6.74. The molecule has 4 aromatic rings. The van der Waals surface area contributed by atoms with Crippen LogP contribution in [0.1, 0.15) is 101 Å². The molecule has 0 radical (unpaired) electrons. The number of nitrogens with two attached hydrogens (primary N) is 1. The number of hydrogen-bond acceptors (Lipinski definition) is 6. The summed E-state index contributed by atoms with van der Waals surface area (Å²) < 4.78 is 0. The minimum atomic E-state index is 0. The Labute approximate surface area is 352 Å². The van der Waals surface area contributed by atoms with E-state index in [-0.39, 0.29) is 13.5 Å². The van der Waals surface area contributed by atoms with Crippen LogP contribution in [0.3, 0.4) is 0 Å². The summed E-state index contributed by atoms with van der Waals surface area (Å²) >= 11 is 0. The van der Waals surface area contributed by atoms with E-state index in [9.17, 15) is 0 Å². The molecule has 2 fully saturated rings. The second-order valence-electron chi connectivity index (χ2n) is 12.1. The van der Waals surface area contributed by atoms with Gasteiger partial charge >= 0.3 is 0 Å². The van der Waals surface area contributed by atoms with Gasteiger partial charge in [-0.3, -0.25) is 24.9 Å². The van der Waals surface area contributed by atoms with Crippen molar-refractivity contribution in [2.75, 3.05) is 7.05 Å². The quantitative estimate of drug-likeness (QED) is 0.195. The summed E-state index contributed by atoms with van der Waals surface area (Å²) in [5.74, 6) is 2.18. The third-order valence-corrected chi connectivity index (χ3v) is 9.29. The van der Waals surface area contributed by atoms with Crippen molar-refractivity contribution in [1.29, 1.82) is 0 Å². The number of rotatable bonds is 1. The first-order valence-corrected chi connectivity index (χ1v) is 21.1. The largest absolute Gasteiger partial charge is 0.333 e. The normalized spacial score (nSPS) is 20.9. The highest BCUT2D eigenvalue weighted by molar-refractivity contribution is 7.59. The molecule has 4 atom stereocenters. The van der Waals surface area contributed by atoms with Gasteiger partial charge in [0.05, 0.1) is 22.4 Å². The molecule has 2 aliphatic heterocycles. The van der Waals surface area contributed by atoms with E-state index in [0.29, 0.717) is 11.3 Å². The topological polar surface area (TPSA) is 89.4 Å². The summed E-state index contributed by atoms with van der Waals surface area (Å²) in [6, 6.07) is 18.1. The minimum Gasteiger partial charge on any atom is -0.333 e. The third-order valence-electron chi connectivity index (χ3n) is 9.29. The van der Waals surface area contributed by atoms with Crippen molar-refractivity contribution < 1.29 is 0 Å². The molecule has 0 amide bonds. The van der Waals surface area contributed by atoms with Gasteiger partial charge in [0.1, 0.15) is 0 Å². The van der Waals surface area contributed by atoms with Gasteiger partial charge in [0.25, 0.3) is 0 Å². The zero-order valence-corrected chi connectivity index (χ0v) is 37.6. The Morgan fingerprint density at radius 3 is 1.88 bits per heavy atom. The zero-order valence-electron chi connectivity index (χ0n) is 36.6. The van der Waals surface area contributed by atoms with E-state index in [1.165, 1.54) is 31.2 Å². The highest BCUT2D eigenvalue weighted by Gasteiger charge is 2.55. The van der Waals surface area contributed by atoms with E-state index in [1.807, 2.05) is 112 Å². The summed E-state index contributed by atoms with van der Waals surface area (Å²) in [4.78, 5) is 22.0. The molecular formula is C50H70N6S. The Balaban J connectivity index is 0.000000377. The van der Waals surface area contributed by atoms with Crippen molar-refractivity contribution in [3.63, 3.8) is 0 Å². The fourth-order valence-electron chi connectivity index (χ4n) is 6.74. The van der Waals surface area contributed by atoms with Gasteiger partial charge in [-0.1, -0.05) is 142 Å². The molecule has 10 rings (SSSR count). The van der Waals surface area contributed by atoms with E-state index in [1.54, 1.807) is 18.0 Å². The van der Waals surface area contributed by atoms with Crippen molar-refractivity contribution >= 4 is 53.4 Å². The molecule has 7 heteroatoms. The number of allylic oxidation sites excluding steroid dienone is 10. The number of benzene rings is 1. The zero-order chi connectivity index (χ0) is 41.3. The monoisotopic (exact) mass is 787 g/mol. The first kappa shape index (κ1) is 50.3. The third kappa shape index (κ3) is 13.4. The van der Waals surface area contributed by atoms with Gasteiger partial charge in [-0.2, -0.15) is 13.5 Å². The van der Waals surface area contributed by atoms with Gasteiger partial charge in [-0.15, -0.1) is 0 Å². The van der Waals surface area contributed by atoms with Gasteiger partial charge in [-0.25, -0.2) is 0 Å². The van der Waals surface area contributed by atoms with Crippen LogP contribution in [-0.4, -0.2) is 34.4 Å². The van der Waals surface area contributed by atoms with Crippen LogP contribution < -0.4 is 5.73 Å². The summed E-state index contributed by atoms with van der Waals surface area (Å²) in [7, 11) is 1.50. The van der Waals surface area contributed by atoms with E-state index in [4.69, 9.17) is 0 Å². The van der Waals surface area contributed by atoms with Crippen LogP contribution in [0.15, 0.2) is 149 Å². The number of aliphatic imine (C=N–C) groups is 2. The number of aromatic nitrogens is 3. The van der Waals surface area contributed by atoms with E-state index < -0.39 is 0 Å². The van der Waals surface area contributed by atoms with Gasteiger partial charge < -0.3 is 5.73 Å². The predicted octanol–water partition coefficient (Wildman–Crippen LogP) is 13.5.